The number of amides is 2. The average molecular weight is 362 g/mol. The fourth-order valence-corrected chi connectivity index (χ4v) is 3.77. The van der Waals surface area contributed by atoms with Gasteiger partial charge in [-0.05, 0) is 32.0 Å². The average Bonchev–Trinajstić information content (AvgIpc) is 2.54. The molecule has 0 radical (unpaired) electrons. The third-order valence-electron chi connectivity index (χ3n) is 4.88. The minimum atomic E-state index is -4.58. The van der Waals surface area contributed by atoms with Gasteiger partial charge >= 0.3 is 12.2 Å². The van der Waals surface area contributed by atoms with Gasteiger partial charge in [-0.2, -0.15) is 13.2 Å². The number of halogens is 3. The van der Waals surface area contributed by atoms with E-state index in [1.54, 1.807) is 13.0 Å². The SMILES string of the molecule is Cc1ccc2c(c1)C1CC(C)(O2)N(c2ccccc2C(F)(F)F)C(=O)N1. The molecule has 2 heterocycles. The molecule has 0 saturated carbocycles. The first-order valence-electron chi connectivity index (χ1n) is 8.25. The van der Waals surface area contributed by atoms with Gasteiger partial charge in [0, 0.05) is 12.0 Å². The molecule has 1 N–H and O–H groups in total. The molecule has 2 aliphatic heterocycles. The van der Waals surface area contributed by atoms with Gasteiger partial charge < -0.3 is 10.1 Å². The van der Waals surface area contributed by atoms with Crippen LogP contribution in [0.15, 0.2) is 42.5 Å². The summed E-state index contributed by atoms with van der Waals surface area (Å²) in [6.07, 6.45) is -4.23. The van der Waals surface area contributed by atoms with Crippen LogP contribution in [0.4, 0.5) is 23.7 Å². The zero-order valence-corrected chi connectivity index (χ0v) is 14.2. The van der Waals surface area contributed by atoms with Crippen molar-refractivity contribution in [3.05, 3.63) is 59.2 Å². The first-order chi connectivity index (χ1) is 12.2. The van der Waals surface area contributed by atoms with Crippen molar-refractivity contribution in [2.24, 2.45) is 0 Å². The summed E-state index contributed by atoms with van der Waals surface area (Å²) in [7, 11) is 0. The molecule has 0 aromatic heterocycles. The van der Waals surface area contributed by atoms with Crippen molar-refractivity contribution < 1.29 is 22.7 Å². The summed E-state index contributed by atoms with van der Waals surface area (Å²) in [6, 6.07) is 9.74. The lowest BCUT2D eigenvalue weighted by Crippen LogP contribution is -2.65. The van der Waals surface area contributed by atoms with Gasteiger partial charge in [0.05, 0.1) is 17.3 Å². The molecule has 26 heavy (non-hydrogen) atoms. The molecule has 4 nitrogen and oxygen atoms in total. The van der Waals surface area contributed by atoms with Crippen LogP contribution in [0.1, 0.15) is 36.1 Å². The van der Waals surface area contributed by atoms with Crippen LogP contribution >= 0.6 is 0 Å². The van der Waals surface area contributed by atoms with Crippen molar-refractivity contribution >= 4 is 11.7 Å². The number of anilines is 1. The highest BCUT2D eigenvalue weighted by atomic mass is 19.4. The van der Waals surface area contributed by atoms with Crippen molar-refractivity contribution in [2.75, 3.05) is 4.90 Å². The van der Waals surface area contributed by atoms with Crippen LogP contribution in [0, 0.1) is 6.92 Å². The van der Waals surface area contributed by atoms with E-state index in [-0.39, 0.29) is 11.7 Å². The molecular weight excluding hydrogens is 345 g/mol. The van der Waals surface area contributed by atoms with E-state index >= 15 is 0 Å². The predicted octanol–water partition coefficient (Wildman–Crippen LogP) is 4.78. The molecule has 1 saturated heterocycles. The Hall–Kier alpha value is -2.70. The van der Waals surface area contributed by atoms with Crippen LogP contribution in [0.2, 0.25) is 0 Å². The number of rotatable bonds is 1. The number of urea groups is 1. The van der Waals surface area contributed by atoms with Crippen LogP contribution in [0.5, 0.6) is 5.75 Å². The quantitative estimate of drug-likeness (QED) is 0.793. The highest BCUT2D eigenvalue weighted by molar-refractivity contribution is 5.95. The summed E-state index contributed by atoms with van der Waals surface area (Å²) >= 11 is 0. The first-order valence-corrected chi connectivity index (χ1v) is 8.25. The Balaban J connectivity index is 1.84. The minimum absolute atomic E-state index is 0.214. The first kappa shape index (κ1) is 16.8. The van der Waals surface area contributed by atoms with E-state index in [1.807, 2.05) is 19.1 Å². The van der Waals surface area contributed by atoms with Gasteiger partial charge in [-0.25, -0.2) is 4.79 Å². The van der Waals surface area contributed by atoms with Crippen molar-refractivity contribution in [1.29, 1.82) is 0 Å². The molecule has 136 valence electrons. The van der Waals surface area contributed by atoms with Gasteiger partial charge in [0.15, 0.2) is 5.72 Å². The number of fused-ring (bicyclic) bond motifs is 4. The van der Waals surface area contributed by atoms with E-state index in [9.17, 15) is 18.0 Å². The zero-order chi connectivity index (χ0) is 18.7. The highest BCUT2D eigenvalue weighted by Crippen LogP contribution is 2.47. The summed E-state index contributed by atoms with van der Waals surface area (Å²) in [4.78, 5) is 13.8. The molecule has 2 unspecified atom stereocenters. The number of ether oxygens (including phenoxy) is 1. The molecule has 0 aliphatic carbocycles. The smallest absolute Gasteiger partial charge is 0.418 e. The molecule has 2 aliphatic rings. The number of nitrogens with one attached hydrogen (secondary N) is 1. The molecule has 0 spiro atoms. The van der Waals surface area contributed by atoms with Crippen molar-refractivity contribution in [3.63, 3.8) is 0 Å². The second-order valence-electron chi connectivity index (χ2n) is 6.87. The van der Waals surface area contributed by atoms with E-state index in [0.29, 0.717) is 12.2 Å². The zero-order valence-electron chi connectivity index (χ0n) is 14.2. The number of para-hydroxylation sites is 1. The Morgan fingerprint density at radius 2 is 1.96 bits per heavy atom. The Bertz CT molecular complexity index is 897. The Labute approximate surface area is 148 Å². The van der Waals surface area contributed by atoms with Crippen molar-refractivity contribution in [2.45, 2.75) is 38.2 Å². The lowest BCUT2D eigenvalue weighted by Gasteiger charge is -2.51. The van der Waals surface area contributed by atoms with Gasteiger partial charge in [0.1, 0.15) is 5.75 Å². The Morgan fingerprint density at radius 1 is 1.23 bits per heavy atom. The van der Waals surface area contributed by atoms with E-state index in [4.69, 9.17) is 4.74 Å². The van der Waals surface area contributed by atoms with Crippen molar-refractivity contribution in [1.82, 2.24) is 5.32 Å². The van der Waals surface area contributed by atoms with Gasteiger partial charge in [0.25, 0.3) is 0 Å². The number of nitrogens with zero attached hydrogens (tertiary/aromatic N) is 1. The van der Waals surface area contributed by atoms with E-state index in [0.717, 1.165) is 22.1 Å². The van der Waals surface area contributed by atoms with Crippen LogP contribution in [0.25, 0.3) is 0 Å². The second-order valence-corrected chi connectivity index (χ2v) is 6.87. The number of alkyl halides is 3. The molecule has 2 amide bonds. The summed E-state index contributed by atoms with van der Waals surface area (Å²) in [5, 5.41) is 2.82. The topological polar surface area (TPSA) is 41.6 Å². The fourth-order valence-electron chi connectivity index (χ4n) is 3.77. The molecule has 7 heteroatoms. The number of hydrogen-bond acceptors (Lipinski definition) is 2. The maximum absolute atomic E-state index is 13.5. The monoisotopic (exact) mass is 362 g/mol. The summed E-state index contributed by atoms with van der Waals surface area (Å²) in [5.74, 6) is 0.573. The number of hydrogen-bond donors (Lipinski definition) is 1. The van der Waals surface area contributed by atoms with Crippen LogP contribution in [0.3, 0.4) is 0 Å². The van der Waals surface area contributed by atoms with Gasteiger partial charge in [-0.1, -0.05) is 29.8 Å². The highest BCUT2D eigenvalue weighted by Gasteiger charge is 2.51. The normalized spacial score (nSPS) is 24.6. The summed E-state index contributed by atoms with van der Waals surface area (Å²) in [5.41, 5.74) is -0.423. The van der Waals surface area contributed by atoms with Gasteiger partial charge in [0.2, 0.25) is 0 Å². The largest absolute Gasteiger partial charge is 0.467 e. The molecule has 1 fully saturated rings. The third kappa shape index (κ3) is 2.50. The Kier molecular flexibility index (Phi) is 3.48. The van der Waals surface area contributed by atoms with E-state index < -0.39 is 23.5 Å². The molecule has 2 aromatic rings. The van der Waals surface area contributed by atoms with Gasteiger partial charge in [-0.15, -0.1) is 0 Å². The number of aryl methyl sites for hydroxylation is 1. The lowest BCUT2D eigenvalue weighted by molar-refractivity contribution is -0.137. The molecule has 4 rings (SSSR count). The number of benzene rings is 2. The second kappa shape index (κ2) is 5.40. The Morgan fingerprint density at radius 3 is 2.69 bits per heavy atom. The summed E-state index contributed by atoms with van der Waals surface area (Å²) in [6.45, 7) is 3.58. The van der Waals surface area contributed by atoms with E-state index in [1.165, 1.54) is 18.2 Å². The van der Waals surface area contributed by atoms with Crippen LogP contribution in [-0.4, -0.2) is 11.8 Å². The maximum Gasteiger partial charge on any atom is 0.418 e. The number of carbonyl (C=O) groups excluding carboxylic acids is 1. The van der Waals surface area contributed by atoms with E-state index in [2.05, 4.69) is 5.32 Å². The maximum atomic E-state index is 13.5. The third-order valence-corrected chi connectivity index (χ3v) is 4.88. The number of carbonyl (C=O) groups is 1. The fraction of sp³-hybridized carbons (Fsp3) is 0.316. The minimum Gasteiger partial charge on any atom is -0.467 e. The molecule has 2 atom stereocenters. The van der Waals surface area contributed by atoms with Crippen LogP contribution in [-0.2, 0) is 6.18 Å². The predicted molar refractivity (Wildman–Crippen MR) is 90.0 cm³/mol. The van der Waals surface area contributed by atoms with Gasteiger partial charge in [-0.3, -0.25) is 4.90 Å². The van der Waals surface area contributed by atoms with Crippen LogP contribution < -0.4 is 15.0 Å². The summed E-state index contributed by atoms with van der Waals surface area (Å²) < 4.78 is 46.4. The molecular formula is C19H17F3N2O2. The lowest BCUT2D eigenvalue weighted by atomic mass is 9.89. The molecule has 2 bridgehead atoms. The van der Waals surface area contributed by atoms with Crippen molar-refractivity contribution in [3.8, 4) is 5.75 Å². The molecule has 2 aromatic carbocycles. The standard InChI is InChI=1S/C19H17F3N2O2/c1-11-7-8-16-12(9-11)14-10-18(2,26-16)24(17(25)23-14)15-6-4-3-5-13(15)19(20,21)22/h3-9,14H,10H2,1-2H3,(H,23,25).